The Morgan fingerprint density at radius 2 is 0.551 bits per heavy atom. The molecule has 0 saturated heterocycles. The first-order valence-electron chi connectivity index (χ1n) is 41.5. The first-order chi connectivity index (χ1) is 53.9. The molecule has 6 atom stereocenters. The summed E-state index contributed by atoms with van der Waals surface area (Å²) in [5, 5.41) is 42.4. The van der Waals surface area contributed by atoms with Crippen molar-refractivity contribution in [3.63, 3.8) is 0 Å². The summed E-state index contributed by atoms with van der Waals surface area (Å²) in [5.74, 6) is -0.857. The summed E-state index contributed by atoms with van der Waals surface area (Å²) in [4.78, 5) is 32.3. The summed E-state index contributed by atoms with van der Waals surface area (Å²) < 4.78 is 119. The van der Waals surface area contributed by atoms with Gasteiger partial charge >= 0.3 is 115 Å². The van der Waals surface area contributed by atoms with Gasteiger partial charge in [-0.3, -0.25) is 28.3 Å². The normalized spacial score (nSPS) is 16.4. The van der Waals surface area contributed by atoms with Crippen molar-refractivity contribution in [1.82, 2.24) is 60.0 Å². The second-order valence-corrected chi connectivity index (χ2v) is 100. The van der Waals surface area contributed by atoms with Crippen molar-refractivity contribution in [3.05, 3.63) is 68.4 Å². The fraction of sp³-hybridized carbons (Fsp3) is 0.848. The number of ether oxygens (including phenoxy) is 2. The number of hydrogen-bond donors (Lipinski definition) is 0. The zero-order chi connectivity index (χ0) is 89.4. The summed E-state index contributed by atoms with van der Waals surface area (Å²) in [6.07, 6.45) is 12.2. The Labute approximate surface area is 721 Å². The number of nitrogens with zero attached hydrogens (tertiary/aromatic N) is 18. The maximum atomic E-state index is 13.1. The van der Waals surface area contributed by atoms with Gasteiger partial charge in [0.2, 0.25) is 0 Å². The Balaban J connectivity index is 1.44. The quantitative estimate of drug-likeness (QED) is 0.00989. The van der Waals surface area contributed by atoms with Gasteiger partial charge in [0.15, 0.2) is 33.3 Å². The molecule has 0 saturated carbocycles. The average molecular weight is 1930 g/mol. The van der Waals surface area contributed by atoms with E-state index in [0.29, 0.717) is 138 Å². The van der Waals surface area contributed by atoms with Gasteiger partial charge in [-0.05, 0) is 309 Å². The van der Waals surface area contributed by atoms with Gasteiger partial charge in [-0.1, -0.05) is 31.1 Å². The molecule has 36 nitrogen and oxygen atoms in total. The Morgan fingerprint density at radius 3 is 0.814 bits per heavy atom. The molecule has 0 spiro atoms. The van der Waals surface area contributed by atoms with Crippen molar-refractivity contribution in [2.24, 2.45) is 10.2 Å². The van der Waals surface area contributed by atoms with E-state index in [2.05, 4.69) is 258 Å². The maximum Gasteiger partial charge on any atom is 0.317 e. The van der Waals surface area contributed by atoms with Crippen LogP contribution >= 0.6 is 0 Å². The molecule has 6 unspecified atom stereocenters. The zero-order valence-electron chi connectivity index (χ0n) is 77.7. The van der Waals surface area contributed by atoms with Gasteiger partial charge in [0.1, 0.15) is 24.6 Å². The van der Waals surface area contributed by atoms with Crippen LogP contribution in [-0.4, -0.2) is 221 Å². The van der Waals surface area contributed by atoms with Gasteiger partial charge in [0.25, 0.3) is 0 Å². The SMILES string of the molecule is Cc1cn(CCC[Si](C)(O[Si](C)(CCCN=[N+]=[N-])O[Si](C)(C)C)O[Si](C)(CCCn2cc(COC(=O)CCCCC(=O)OCc3cn(CCC[Si](C)(O[Si](C)(C)O[Si](C)(C)O[Si](C)(C)O[Si](C)(C)C)O[Si](C)(CCCn4cc(C)nn4)O[Si](C)(CCCN=[N+]=[N-])O[Si](C)(C)C)nn3)nn2)O[Si](C)(C)O[Si](C)(C)O[Si](C)(C)O[Si](C)(C)C)nn1. The summed E-state index contributed by atoms with van der Waals surface area (Å²) >= 11 is 0. The van der Waals surface area contributed by atoms with E-state index < -0.39 is 148 Å². The van der Waals surface area contributed by atoms with Crippen molar-refractivity contribution in [2.45, 2.75) is 350 Å². The van der Waals surface area contributed by atoms with Crippen molar-refractivity contribution in [3.8, 4) is 0 Å². The minimum atomic E-state index is -3.30. The van der Waals surface area contributed by atoms with Crippen LogP contribution in [-0.2, 0) is 116 Å². The Morgan fingerprint density at radius 1 is 0.314 bits per heavy atom. The van der Waals surface area contributed by atoms with Crippen LogP contribution in [0.2, 0.25) is 233 Å². The van der Waals surface area contributed by atoms with Crippen molar-refractivity contribution in [1.29, 1.82) is 0 Å². The number of aromatic nitrogens is 12. The van der Waals surface area contributed by atoms with Gasteiger partial charge in [-0.25, -0.2) is 0 Å². The van der Waals surface area contributed by atoms with E-state index in [1.54, 1.807) is 21.8 Å². The van der Waals surface area contributed by atoms with Crippen molar-refractivity contribution < 1.29 is 76.7 Å². The zero-order valence-corrected chi connectivity index (χ0v) is 93.7. The number of carbonyl (C=O) groups excluding carboxylic acids is 2. The predicted octanol–water partition coefficient (Wildman–Crippen LogP) is 17.6. The lowest BCUT2D eigenvalue weighted by Gasteiger charge is -2.46. The number of esters is 2. The molecule has 0 bridgehead atoms. The van der Waals surface area contributed by atoms with Crippen LogP contribution in [0.4, 0.5) is 0 Å². The smallest absolute Gasteiger partial charge is 0.317 e. The summed E-state index contributed by atoms with van der Waals surface area (Å²) in [5.41, 5.74) is 21.0. The van der Waals surface area contributed by atoms with Gasteiger partial charge in [0, 0.05) is 74.3 Å². The lowest BCUT2D eigenvalue weighted by molar-refractivity contribution is -0.147. The molecular weight excluding hydrogens is 1780 g/mol. The van der Waals surface area contributed by atoms with Crippen LogP contribution in [0.15, 0.2) is 35.0 Å². The monoisotopic (exact) mass is 1930 g/mol. The number of rotatable bonds is 61. The molecule has 0 radical (unpaired) electrons. The molecule has 0 N–H and O–H groups in total. The van der Waals surface area contributed by atoms with Crippen LogP contribution in [0, 0.1) is 13.8 Å². The number of aryl methyl sites for hydroxylation is 6. The number of azide groups is 2. The van der Waals surface area contributed by atoms with Crippen molar-refractivity contribution in [2.75, 3.05) is 13.1 Å². The number of carbonyl (C=O) groups is 2. The average Bonchev–Trinajstić information content (AvgIpc) is 0.928. The van der Waals surface area contributed by atoms with Crippen molar-refractivity contribution >= 4 is 148 Å². The second kappa shape index (κ2) is 45.5. The highest BCUT2D eigenvalue weighted by Gasteiger charge is 2.55. The predicted molar refractivity (Wildman–Crippen MR) is 495 cm³/mol. The standard InChI is InChI=1S/C66H148N18O18Si16/c1-61-55-81(77-71-61)45-37-53-117(31,99-113(27,91-105(9,10)11)49-35-43-69-75-67)101-115(29,97-111(23,24)95-109(19,20)93-107(15,16)89-103(3,4)5)51-39-47-83-57-63(73-79-83)59-87-65(85)41-33-34-42-66(86)88-60-64-58-84(80-74-64)48-40-52-116(30,98-112(25,26)96-110(21,22)94-108(17,18)90-104(6,7)8)102-118(32,54-38-46-82-56-62(2)72-78-82)100-114(28,92-106(12,13)14)50-36-44-70-76-68/h55-58H,33-54,59-60H2,1-32H3. The Hall–Kier alpha value is -2.97. The van der Waals surface area contributed by atoms with Crippen LogP contribution in [0.1, 0.15) is 87.0 Å². The molecular formula is C66H148N18O18Si16. The van der Waals surface area contributed by atoms with Gasteiger partial charge in [-0.15, -0.1) is 20.4 Å². The minimum absolute atomic E-state index is 0.0780. The minimum Gasteiger partial charge on any atom is -0.459 e. The van der Waals surface area contributed by atoms with Crippen LogP contribution in [0.3, 0.4) is 0 Å². The highest BCUT2D eigenvalue weighted by atomic mass is 28.5. The Kier molecular flexibility index (Phi) is 41.4. The molecule has 4 heterocycles. The van der Waals surface area contributed by atoms with Gasteiger partial charge < -0.3 is 67.1 Å². The molecule has 0 aromatic carbocycles. The summed E-state index contributed by atoms with van der Waals surface area (Å²) in [6, 6.07) is 3.53. The molecule has 674 valence electrons. The van der Waals surface area contributed by atoms with Crippen LogP contribution < -0.4 is 0 Å². The molecule has 0 amide bonds. The van der Waals surface area contributed by atoms with E-state index in [0.717, 1.165) is 11.4 Å². The fourth-order valence-corrected chi connectivity index (χ4v) is 95.4. The topological polar surface area (TPSA) is 402 Å². The number of unbranched alkanes of at least 4 members (excludes halogenated alkanes) is 1. The highest BCUT2D eigenvalue weighted by molar-refractivity contribution is 6.95. The van der Waals surface area contributed by atoms with Gasteiger partial charge in [0.05, 0.1) is 23.8 Å². The summed E-state index contributed by atoms with van der Waals surface area (Å²) in [6.45, 7) is 70.0. The molecule has 118 heavy (non-hydrogen) atoms. The van der Waals surface area contributed by atoms with E-state index in [9.17, 15) is 20.7 Å². The van der Waals surface area contributed by atoms with E-state index in [1.807, 2.05) is 35.6 Å². The third-order valence-corrected chi connectivity index (χ3v) is 78.7. The molecule has 0 aliphatic rings. The lowest BCUT2D eigenvalue weighted by Crippen LogP contribution is -2.63. The van der Waals surface area contributed by atoms with E-state index >= 15 is 0 Å². The molecule has 0 fully saturated rings. The Bertz CT molecular complexity index is 3620. The molecule has 0 aliphatic heterocycles. The third kappa shape index (κ3) is 45.8. The van der Waals surface area contributed by atoms with Crippen LogP contribution in [0.25, 0.3) is 20.9 Å². The molecule has 4 aromatic heterocycles. The molecule has 4 aromatic rings. The first kappa shape index (κ1) is 107. The molecule has 0 aliphatic carbocycles. The van der Waals surface area contributed by atoms with Gasteiger partial charge in [-0.2, -0.15) is 0 Å². The lowest BCUT2D eigenvalue weighted by atomic mass is 10.2. The first-order valence-corrected chi connectivity index (χ1v) is 87.2. The fourth-order valence-electron chi connectivity index (χ4n) is 15.2. The maximum absolute atomic E-state index is 13.1. The highest BCUT2D eigenvalue weighted by Crippen LogP contribution is 2.39. The molecule has 52 heteroatoms. The van der Waals surface area contributed by atoms with E-state index in [4.69, 9.17) is 67.1 Å². The van der Waals surface area contributed by atoms with Crippen LogP contribution in [0.5, 0.6) is 0 Å². The van der Waals surface area contributed by atoms with E-state index in [-0.39, 0.29) is 26.1 Å². The third-order valence-electron chi connectivity index (χ3n) is 17.0. The number of hydrogen-bond acceptors (Lipinski definition) is 28. The second-order valence-electron chi connectivity index (χ2n) is 38.3. The largest absolute Gasteiger partial charge is 0.459 e. The summed E-state index contributed by atoms with van der Waals surface area (Å²) in [7, 11) is -44.3. The van der Waals surface area contributed by atoms with E-state index in [1.165, 1.54) is 0 Å². The molecule has 4 rings (SSSR count).